The maximum atomic E-state index is 11.6. The highest BCUT2D eigenvalue weighted by Crippen LogP contribution is 2.38. The van der Waals surface area contributed by atoms with E-state index in [0.29, 0.717) is 17.8 Å². The van der Waals surface area contributed by atoms with Gasteiger partial charge in [0.25, 0.3) is 0 Å². The molecule has 0 saturated heterocycles. The molecule has 3 atom stereocenters. The van der Waals surface area contributed by atoms with Gasteiger partial charge in [-0.2, -0.15) is 9.67 Å². The molecule has 2 aliphatic carbocycles. The van der Waals surface area contributed by atoms with Gasteiger partial charge in [-0.05, 0) is 99.0 Å². The molecule has 3 unspecified atom stereocenters. The van der Waals surface area contributed by atoms with Crippen molar-refractivity contribution in [1.82, 2.24) is 29.9 Å². The first-order chi connectivity index (χ1) is 20.0. The second kappa shape index (κ2) is 11.6. The molecule has 4 aromatic rings. The molecule has 2 heterocycles. The zero-order chi connectivity index (χ0) is 28.5. The molecule has 2 aliphatic rings. The van der Waals surface area contributed by atoms with Crippen LogP contribution in [0.2, 0.25) is 0 Å². The second-order valence-corrected chi connectivity index (χ2v) is 11.3. The van der Waals surface area contributed by atoms with Crippen molar-refractivity contribution in [3.05, 3.63) is 70.8 Å². The van der Waals surface area contributed by atoms with Crippen molar-refractivity contribution < 1.29 is 5.11 Å². The summed E-state index contributed by atoms with van der Waals surface area (Å²) in [5.74, 6) is 1.34. The summed E-state index contributed by atoms with van der Waals surface area (Å²) in [5.41, 5.74) is 13.8. The van der Waals surface area contributed by atoms with Gasteiger partial charge in [-0.3, -0.25) is 0 Å². The van der Waals surface area contributed by atoms with Gasteiger partial charge < -0.3 is 21.1 Å². The van der Waals surface area contributed by atoms with E-state index in [2.05, 4.69) is 75.5 Å². The van der Waals surface area contributed by atoms with Crippen LogP contribution < -0.4 is 11.1 Å². The number of nitrogen functional groups attached to an aromatic ring is 1. The highest BCUT2D eigenvalue weighted by Gasteiger charge is 2.32. The van der Waals surface area contributed by atoms with E-state index in [1.54, 1.807) is 0 Å². The maximum absolute atomic E-state index is 11.6. The summed E-state index contributed by atoms with van der Waals surface area (Å²) in [6, 6.07) is 16.9. The summed E-state index contributed by atoms with van der Waals surface area (Å²) in [6.45, 7) is 8.58. The molecular weight excluding hydrogens is 512 g/mol. The third-order valence-corrected chi connectivity index (χ3v) is 8.99. The Morgan fingerprint density at radius 1 is 1.00 bits per heavy atom. The summed E-state index contributed by atoms with van der Waals surface area (Å²) in [6.07, 6.45) is 5.50. The molecule has 41 heavy (non-hydrogen) atoms. The van der Waals surface area contributed by atoms with E-state index in [-0.39, 0.29) is 11.9 Å². The average molecular weight is 553 g/mol. The van der Waals surface area contributed by atoms with Crippen molar-refractivity contribution in [3.8, 4) is 17.1 Å². The standard InChI is InChI=1S/C32H40N8O/c1-4-39(5-2)20(3)25-15-9-12-22-16-17-24(19-27(22)30(25)41)34-32-35-31(33)40(38-32)28-18-23-13-8-11-21-10-6-7-14-26(21)29(23)37-36-28/h6-7,10,14,16-20,25,30,41H,4-5,8-9,11-13,15H2,1-3H3,(H3,33,34,35,38). The van der Waals surface area contributed by atoms with Gasteiger partial charge in [-0.15, -0.1) is 15.3 Å². The molecule has 0 aliphatic heterocycles. The maximum Gasteiger partial charge on any atom is 0.248 e. The van der Waals surface area contributed by atoms with Crippen LogP contribution in [0.15, 0.2) is 48.5 Å². The molecule has 2 aromatic heterocycles. The van der Waals surface area contributed by atoms with E-state index in [4.69, 9.17) is 5.73 Å². The molecule has 0 amide bonds. The molecule has 4 N–H and O–H groups in total. The number of hydrogen-bond donors (Lipinski definition) is 3. The van der Waals surface area contributed by atoms with E-state index in [1.807, 2.05) is 24.3 Å². The van der Waals surface area contributed by atoms with Crippen LogP contribution in [0.5, 0.6) is 0 Å². The number of aliphatic hydroxyl groups excluding tert-OH is 1. The van der Waals surface area contributed by atoms with Crippen molar-refractivity contribution in [2.24, 2.45) is 5.92 Å². The number of benzene rings is 2. The Bertz CT molecular complexity index is 1530. The number of anilines is 3. The van der Waals surface area contributed by atoms with Gasteiger partial charge in [0.2, 0.25) is 11.9 Å². The van der Waals surface area contributed by atoms with Crippen LogP contribution in [-0.4, -0.2) is 54.1 Å². The second-order valence-electron chi connectivity index (χ2n) is 11.3. The number of nitrogens with two attached hydrogens (primary N) is 1. The van der Waals surface area contributed by atoms with Gasteiger partial charge >= 0.3 is 0 Å². The number of nitrogens with zero attached hydrogens (tertiary/aromatic N) is 6. The van der Waals surface area contributed by atoms with Gasteiger partial charge in [0.05, 0.1) is 11.8 Å². The third-order valence-electron chi connectivity index (χ3n) is 8.99. The van der Waals surface area contributed by atoms with Crippen molar-refractivity contribution in [2.75, 3.05) is 24.1 Å². The molecule has 9 heteroatoms. The lowest BCUT2D eigenvalue weighted by molar-refractivity contribution is 0.0425. The van der Waals surface area contributed by atoms with Crippen LogP contribution in [0.25, 0.3) is 17.1 Å². The van der Waals surface area contributed by atoms with E-state index in [9.17, 15) is 5.11 Å². The summed E-state index contributed by atoms with van der Waals surface area (Å²) >= 11 is 0. The van der Waals surface area contributed by atoms with Crippen LogP contribution in [0.4, 0.5) is 17.6 Å². The minimum atomic E-state index is -0.527. The predicted molar refractivity (Wildman–Crippen MR) is 162 cm³/mol. The summed E-state index contributed by atoms with van der Waals surface area (Å²) in [4.78, 5) is 6.90. The Kier molecular flexibility index (Phi) is 7.73. The molecule has 0 radical (unpaired) electrons. The van der Waals surface area contributed by atoms with Gasteiger partial charge in [0.1, 0.15) is 0 Å². The first-order valence-electron chi connectivity index (χ1n) is 15.0. The first-order valence-corrected chi connectivity index (χ1v) is 15.0. The number of aryl methyl sites for hydroxylation is 3. The number of aliphatic hydroxyl groups is 1. The largest absolute Gasteiger partial charge is 0.388 e. The Morgan fingerprint density at radius 3 is 2.61 bits per heavy atom. The molecule has 6 rings (SSSR count). The van der Waals surface area contributed by atoms with Gasteiger partial charge in [0.15, 0.2) is 5.82 Å². The quantitative estimate of drug-likeness (QED) is 0.266. The van der Waals surface area contributed by atoms with Crippen molar-refractivity contribution in [2.45, 2.75) is 71.4 Å². The lowest BCUT2D eigenvalue weighted by atomic mass is 9.87. The normalized spacial score (nSPS) is 19.0. The van der Waals surface area contributed by atoms with E-state index in [1.165, 1.54) is 15.8 Å². The number of rotatable bonds is 7. The number of nitrogens with one attached hydrogen (secondary N) is 1. The molecule has 214 valence electrons. The van der Waals surface area contributed by atoms with Crippen LogP contribution >= 0.6 is 0 Å². The van der Waals surface area contributed by atoms with Crippen molar-refractivity contribution in [1.29, 1.82) is 0 Å². The van der Waals surface area contributed by atoms with Crippen LogP contribution in [-0.2, 0) is 19.3 Å². The third kappa shape index (κ3) is 5.31. The lowest BCUT2D eigenvalue weighted by Crippen LogP contribution is -2.40. The van der Waals surface area contributed by atoms with Gasteiger partial charge in [0, 0.05) is 23.2 Å². The minimum absolute atomic E-state index is 0.179. The van der Waals surface area contributed by atoms with E-state index >= 15 is 0 Å². The fraction of sp³-hybridized carbons (Fsp3) is 0.438. The van der Waals surface area contributed by atoms with E-state index < -0.39 is 6.10 Å². The topological polar surface area (TPSA) is 118 Å². The molecular formula is C32H40N8O. The SMILES string of the molecule is CCN(CC)C(C)C1CCCc2ccc(Nc3nc(N)n(-c4cc5c(nn4)-c4ccccc4CCC5)n3)cc2C1O. The van der Waals surface area contributed by atoms with Crippen LogP contribution in [0, 0.1) is 5.92 Å². The molecule has 0 fully saturated rings. The fourth-order valence-corrected chi connectivity index (χ4v) is 6.72. The summed E-state index contributed by atoms with van der Waals surface area (Å²) in [7, 11) is 0. The number of fused-ring (bicyclic) bond motifs is 4. The van der Waals surface area contributed by atoms with Gasteiger partial charge in [-0.1, -0.05) is 44.2 Å². The van der Waals surface area contributed by atoms with Gasteiger partial charge in [-0.25, -0.2) is 0 Å². The Labute approximate surface area is 241 Å². The summed E-state index contributed by atoms with van der Waals surface area (Å²) in [5, 5.41) is 28.6. The number of hydrogen-bond acceptors (Lipinski definition) is 8. The molecule has 9 nitrogen and oxygen atoms in total. The molecule has 0 spiro atoms. The highest BCUT2D eigenvalue weighted by molar-refractivity contribution is 5.68. The molecule has 0 bridgehead atoms. The van der Waals surface area contributed by atoms with Crippen molar-refractivity contribution >= 4 is 17.6 Å². The zero-order valence-corrected chi connectivity index (χ0v) is 24.2. The Hall–Kier alpha value is -3.82. The Balaban J connectivity index is 1.25. The monoisotopic (exact) mass is 552 g/mol. The zero-order valence-electron chi connectivity index (χ0n) is 24.2. The molecule has 2 aromatic carbocycles. The van der Waals surface area contributed by atoms with E-state index in [0.717, 1.165) is 79.7 Å². The average Bonchev–Trinajstić information content (AvgIpc) is 3.14. The lowest BCUT2D eigenvalue weighted by Gasteiger charge is -2.35. The van der Waals surface area contributed by atoms with Crippen LogP contribution in [0.1, 0.15) is 68.4 Å². The fourth-order valence-electron chi connectivity index (χ4n) is 6.72. The highest BCUT2D eigenvalue weighted by atomic mass is 16.3. The smallest absolute Gasteiger partial charge is 0.248 e. The Morgan fingerprint density at radius 2 is 1.78 bits per heavy atom. The molecule has 0 saturated carbocycles. The predicted octanol–water partition coefficient (Wildman–Crippen LogP) is 5.26. The minimum Gasteiger partial charge on any atom is -0.388 e. The first kappa shape index (κ1) is 27.4. The van der Waals surface area contributed by atoms with Crippen LogP contribution in [0.3, 0.4) is 0 Å². The summed E-state index contributed by atoms with van der Waals surface area (Å²) < 4.78 is 1.53. The number of aromatic nitrogens is 5. The van der Waals surface area contributed by atoms with Crippen molar-refractivity contribution in [3.63, 3.8) is 0 Å².